The van der Waals surface area contributed by atoms with Gasteiger partial charge in [-0.2, -0.15) is 0 Å². The summed E-state index contributed by atoms with van der Waals surface area (Å²) in [5, 5.41) is 11.2. The number of nitrogens with zero attached hydrogens (tertiary/aromatic N) is 2. The molecular formula is C23H14BrClN2O7. The number of carbonyl (C=O) groups excluding carboxylic acids is 3. The molecule has 0 N–H and O–H groups in total. The molecule has 34 heavy (non-hydrogen) atoms. The number of benzene rings is 3. The van der Waals surface area contributed by atoms with E-state index in [2.05, 4.69) is 15.9 Å². The summed E-state index contributed by atoms with van der Waals surface area (Å²) in [6.45, 7) is -0.00326. The molecular weight excluding hydrogens is 532 g/mol. The first kappa shape index (κ1) is 23.4. The number of amides is 2. The summed E-state index contributed by atoms with van der Waals surface area (Å²) in [5.41, 5.74) is -0.280. The summed E-state index contributed by atoms with van der Waals surface area (Å²) in [6.07, 6.45) is 0. The highest BCUT2D eigenvalue weighted by molar-refractivity contribution is 9.10. The molecule has 0 saturated heterocycles. The van der Waals surface area contributed by atoms with Crippen LogP contribution in [0.3, 0.4) is 0 Å². The molecule has 11 heteroatoms. The van der Waals surface area contributed by atoms with Crippen LogP contribution in [-0.4, -0.2) is 29.8 Å². The second-order valence-corrected chi connectivity index (χ2v) is 8.43. The van der Waals surface area contributed by atoms with Crippen molar-refractivity contribution in [2.24, 2.45) is 0 Å². The van der Waals surface area contributed by atoms with E-state index in [4.69, 9.17) is 21.1 Å². The topological polar surface area (TPSA) is 116 Å². The van der Waals surface area contributed by atoms with Gasteiger partial charge in [0.15, 0.2) is 0 Å². The summed E-state index contributed by atoms with van der Waals surface area (Å²) < 4.78 is 11.5. The molecule has 3 aromatic carbocycles. The molecule has 1 heterocycles. The van der Waals surface area contributed by atoms with Crippen molar-refractivity contribution in [2.75, 3.05) is 12.0 Å². The van der Waals surface area contributed by atoms with Crippen LogP contribution in [0.25, 0.3) is 0 Å². The SMILES string of the molecule is COc1cc(N2C(=O)c3cccc([N+](=O)[O-])c3C2=O)c(Cl)cc1C(=O)OCc1ccc(Br)cc1. The zero-order valence-corrected chi connectivity index (χ0v) is 19.8. The lowest BCUT2D eigenvalue weighted by molar-refractivity contribution is -0.385. The van der Waals surface area contributed by atoms with E-state index >= 15 is 0 Å². The summed E-state index contributed by atoms with van der Waals surface area (Å²) in [4.78, 5) is 49.9. The molecule has 3 aromatic rings. The fraction of sp³-hybridized carbons (Fsp3) is 0.0870. The van der Waals surface area contributed by atoms with E-state index in [0.717, 1.165) is 21.0 Å². The third-order valence-corrected chi connectivity index (χ3v) is 5.93. The van der Waals surface area contributed by atoms with Crippen LogP contribution < -0.4 is 9.64 Å². The number of esters is 1. The van der Waals surface area contributed by atoms with Crippen molar-refractivity contribution in [3.8, 4) is 5.75 Å². The Morgan fingerprint density at radius 2 is 1.82 bits per heavy atom. The minimum atomic E-state index is -0.901. The first-order chi connectivity index (χ1) is 16.2. The quantitative estimate of drug-likeness (QED) is 0.181. The van der Waals surface area contributed by atoms with Crippen LogP contribution in [0, 0.1) is 10.1 Å². The molecule has 1 aliphatic heterocycles. The van der Waals surface area contributed by atoms with E-state index in [1.807, 2.05) is 12.1 Å². The molecule has 2 amide bonds. The smallest absolute Gasteiger partial charge is 0.342 e. The minimum absolute atomic E-state index is 0.00326. The Hall–Kier alpha value is -3.76. The molecule has 1 aliphatic rings. The van der Waals surface area contributed by atoms with Gasteiger partial charge in [0.25, 0.3) is 17.5 Å². The van der Waals surface area contributed by atoms with Gasteiger partial charge < -0.3 is 9.47 Å². The molecule has 0 atom stereocenters. The van der Waals surface area contributed by atoms with E-state index in [0.29, 0.717) is 0 Å². The van der Waals surface area contributed by atoms with Gasteiger partial charge in [-0.1, -0.05) is 45.7 Å². The van der Waals surface area contributed by atoms with E-state index < -0.39 is 28.4 Å². The standard InChI is InChI=1S/C23H14BrClN2O7/c1-33-19-10-18(26-21(28)14-3-2-4-17(27(31)32)20(14)22(26)29)16(25)9-15(19)23(30)34-11-12-5-7-13(24)8-6-12/h2-10H,11H2,1H3. The normalized spacial score (nSPS) is 12.5. The number of halogens is 2. The largest absolute Gasteiger partial charge is 0.496 e. The Morgan fingerprint density at radius 1 is 1.12 bits per heavy atom. The number of methoxy groups -OCH3 is 1. The highest BCUT2D eigenvalue weighted by Gasteiger charge is 2.43. The van der Waals surface area contributed by atoms with Crippen LogP contribution in [-0.2, 0) is 11.3 Å². The van der Waals surface area contributed by atoms with Crippen LogP contribution >= 0.6 is 27.5 Å². The molecule has 0 spiro atoms. The Morgan fingerprint density at radius 3 is 2.47 bits per heavy atom. The summed E-state index contributed by atoms with van der Waals surface area (Å²) >= 11 is 9.67. The Balaban J connectivity index is 1.66. The first-order valence-corrected chi connectivity index (χ1v) is 10.8. The number of hydrogen-bond acceptors (Lipinski definition) is 7. The third kappa shape index (κ3) is 4.13. The lowest BCUT2D eigenvalue weighted by Crippen LogP contribution is -2.30. The van der Waals surface area contributed by atoms with Crippen LogP contribution in [0.4, 0.5) is 11.4 Å². The number of ether oxygens (including phenoxy) is 2. The number of nitro benzene ring substituents is 1. The Kier molecular flexibility index (Phi) is 6.36. The number of carbonyl (C=O) groups is 3. The maximum Gasteiger partial charge on any atom is 0.342 e. The van der Waals surface area contributed by atoms with Crippen LogP contribution in [0.1, 0.15) is 36.6 Å². The molecule has 0 fully saturated rings. The predicted molar refractivity (Wildman–Crippen MR) is 126 cm³/mol. The van der Waals surface area contributed by atoms with Gasteiger partial charge in [-0.05, 0) is 29.8 Å². The van der Waals surface area contributed by atoms with Gasteiger partial charge in [0.1, 0.15) is 23.5 Å². The molecule has 172 valence electrons. The number of imide groups is 1. The predicted octanol–water partition coefficient (Wildman–Crippen LogP) is 5.18. The molecule has 0 unspecified atom stereocenters. The maximum absolute atomic E-state index is 13.0. The maximum atomic E-state index is 13.0. The fourth-order valence-electron chi connectivity index (χ4n) is 3.49. The van der Waals surface area contributed by atoms with Crippen molar-refractivity contribution in [1.29, 1.82) is 0 Å². The molecule has 0 bridgehead atoms. The van der Waals surface area contributed by atoms with Crippen LogP contribution in [0.2, 0.25) is 5.02 Å². The monoisotopic (exact) mass is 544 g/mol. The van der Waals surface area contributed by atoms with Crippen molar-refractivity contribution < 1.29 is 28.8 Å². The summed E-state index contributed by atoms with van der Waals surface area (Å²) in [6, 6.07) is 13.4. The van der Waals surface area contributed by atoms with Gasteiger partial charge in [-0.3, -0.25) is 19.7 Å². The van der Waals surface area contributed by atoms with Gasteiger partial charge in [-0.15, -0.1) is 0 Å². The van der Waals surface area contributed by atoms with Gasteiger partial charge in [0.05, 0.1) is 28.3 Å². The lowest BCUT2D eigenvalue weighted by atomic mass is 10.1. The van der Waals surface area contributed by atoms with Crippen molar-refractivity contribution >= 4 is 56.7 Å². The highest BCUT2D eigenvalue weighted by Crippen LogP contribution is 2.40. The highest BCUT2D eigenvalue weighted by atomic mass is 79.9. The number of fused-ring (bicyclic) bond motifs is 1. The molecule has 4 rings (SSSR count). The second-order valence-electron chi connectivity index (χ2n) is 7.11. The van der Waals surface area contributed by atoms with Crippen LogP contribution in [0.5, 0.6) is 5.75 Å². The summed E-state index contributed by atoms with van der Waals surface area (Å²) in [7, 11) is 1.30. The Labute approximate surface area is 206 Å². The molecule has 0 radical (unpaired) electrons. The third-order valence-electron chi connectivity index (χ3n) is 5.10. The van der Waals surface area contributed by atoms with E-state index in [1.165, 1.54) is 31.4 Å². The first-order valence-electron chi connectivity index (χ1n) is 9.68. The van der Waals surface area contributed by atoms with Gasteiger partial charge in [-0.25, -0.2) is 9.69 Å². The molecule has 9 nitrogen and oxygen atoms in total. The van der Waals surface area contributed by atoms with Crippen molar-refractivity contribution in [1.82, 2.24) is 0 Å². The second kappa shape index (κ2) is 9.24. The van der Waals surface area contributed by atoms with Gasteiger partial charge in [0.2, 0.25) is 0 Å². The van der Waals surface area contributed by atoms with E-state index in [1.54, 1.807) is 12.1 Å². The molecule has 0 aliphatic carbocycles. The number of rotatable bonds is 6. The number of nitro groups is 1. The van der Waals surface area contributed by atoms with Crippen molar-refractivity contribution in [2.45, 2.75) is 6.61 Å². The molecule has 0 aromatic heterocycles. The van der Waals surface area contributed by atoms with E-state index in [-0.39, 0.29) is 39.8 Å². The average molecular weight is 546 g/mol. The zero-order valence-electron chi connectivity index (χ0n) is 17.4. The van der Waals surface area contributed by atoms with E-state index in [9.17, 15) is 24.5 Å². The zero-order chi connectivity index (χ0) is 24.6. The van der Waals surface area contributed by atoms with Crippen LogP contribution in [0.15, 0.2) is 59.1 Å². The van der Waals surface area contributed by atoms with Gasteiger partial charge in [0, 0.05) is 16.6 Å². The van der Waals surface area contributed by atoms with Crippen molar-refractivity contribution in [3.63, 3.8) is 0 Å². The summed E-state index contributed by atoms with van der Waals surface area (Å²) in [5.74, 6) is -2.41. The van der Waals surface area contributed by atoms with Crippen molar-refractivity contribution in [3.05, 3.63) is 96.5 Å². The Bertz CT molecular complexity index is 1360. The number of anilines is 1. The lowest BCUT2D eigenvalue weighted by Gasteiger charge is -2.18. The molecule has 0 saturated carbocycles. The number of hydrogen-bond donors (Lipinski definition) is 0. The fourth-order valence-corrected chi connectivity index (χ4v) is 4.00. The minimum Gasteiger partial charge on any atom is -0.496 e. The average Bonchev–Trinajstić information content (AvgIpc) is 3.08. The van der Waals surface area contributed by atoms with Gasteiger partial charge >= 0.3 is 5.97 Å².